The zero-order valence-electron chi connectivity index (χ0n) is 18.4. The summed E-state index contributed by atoms with van der Waals surface area (Å²) in [6, 6.07) is 17.1. The van der Waals surface area contributed by atoms with Crippen molar-refractivity contribution < 1.29 is 13.2 Å². The molecule has 0 saturated carbocycles. The Hall–Kier alpha value is -3.23. The number of nitrogens with zero attached hydrogens (tertiary/aromatic N) is 3. The minimum absolute atomic E-state index is 0.0981. The van der Waals surface area contributed by atoms with Gasteiger partial charge in [0, 0.05) is 23.5 Å². The molecular formula is C24H26N4O3S. The first-order chi connectivity index (χ1) is 15.4. The van der Waals surface area contributed by atoms with Gasteiger partial charge < -0.3 is 4.74 Å². The Kier molecular flexibility index (Phi) is 6.25. The number of nitrogens with one attached hydrogen (secondary N) is 1. The van der Waals surface area contributed by atoms with Crippen LogP contribution in [0.4, 0.5) is 0 Å². The van der Waals surface area contributed by atoms with Crippen LogP contribution in [0.25, 0.3) is 16.8 Å². The molecule has 0 fully saturated rings. The predicted molar refractivity (Wildman–Crippen MR) is 124 cm³/mol. The van der Waals surface area contributed by atoms with Crippen molar-refractivity contribution in [2.45, 2.75) is 31.6 Å². The summed E-state index contributed by atoms with van der Waals surface area (Å²) >= 11 is 0. The molecule has 2 aromatic carbocycles. The minimum Gasteiger partial charge on any atom is -0.495 e. The van der Waals surface area contributed by atoms with Gasteiger partial charge >= 0.3 is 0 Å². The highest BCUT2D eigenvalue weighted by Crippen LogP contribution is 2.31. The Bertz CT molecular complexity index is 1350. The van der Waals surface area contributed by atoms with Crippen LogP contribution >= 0.6 is 0 Å². The summed E-state index contributed by atoms with van der Waals surface area (Å²) in [5.41, 5.74) is 5.17. The van der Waals surface area contributed by atoms with Gasteiger partial charge in [0.15, 0.2) is 5.65 Å². The fraction of sp³-hybridized carbons (Fsp3) is 0.250. The predicted octanol–water partition coefficient (Wildman–Crippen LogP) is 3.93. The lowest BCUT2D eigenvalue weighted by Crippen LogP contribution is -2.25. The van der Waals surface area contributed by atoms with Crippen molar-refractivity contribution in [3.05, 3.63) is 77.7 Å². The van der Waals surface area contributed by atoms with Gasteiger partial charge in [-0.3, -0.25) is 0 Å². The van der Waals surface area contributed by atoms with Crippen LogP contribution in [0.15, 0.2) is 65.7 Å². The molecule has 8 heteroatoms. The van der Waals surface area contributed by atoms with Crippen molar-refractivity contribution >= 4 is 15.7 Å². The fourth-order valence-corrected chi connectivity index (χ4v) is 5.02. The molecule has 0 radical (unpaired) electrons. The van der Waals surface area contributed by atoms with E-state index >= 15 is 0 Å². The van der Waals surface area contributed by atoms with Crippen LogP contribution in [-0.4, -0.2) is 36.7 Å². The number of fused-ring (bicyclic) bond motifs is 1. The number of rotatable bonds is 8. The third kappa shape index (κ3) is 4.51. The van der Waals surface area contributed by atoms with Gasteiger partial charge in [0.2, 0.25) is 10.0 Å². The molecule has 0 saturated heterocycles. The molecule has 0 bridgehead atoms. The van der Waals surface area contributed by atoms with Crippen LogP contribution < -0.4 is 9.46 Å². The second-order valence-electron chi connectivity index (χ2n) is 7.69. The van der Waals surface area contributed by atoms with E-state index in [-0.39, 0.29) is 4.90 Å². The average molecular weight is 451 g/mol. The van der Waals surface area contributed by atoms with Crippen LogP contribution in [0.2, 0.25) is 0 Å². The van der Waals surface area contributed by atoms with Crippen molar-refractivity contribution in [3.8, 4) is 16.9 Å². The van der Waals surface area contributed by atoms with E-state index in [1.165, 1.54) is 12.7 Å². The first-order valence-electron chi connectivity index (χ1n) is 10.4. The van der Waals surface area contributed by atoms with Crippen LogP contribution in [0, 0.1) is 13.8 Å². The summed E-state index contributed by atoms with van der Waals surface area (Å²) in [6.07, 6.45) is 3.20. The summed E-state index contributed by atoms with van der Waals surface area (Å²) in [6.45, 7) is 4.22. The van der Waals surface area contributed by atoms with E-state index in [0.717, 1.165) is 23.4 Å². The summed E-state index contributed by atoms with van der Waals surface area (Å²) in [5, 5.41) is 4.42. The van der Waals surface area contributed by atoms with Crippen LogP contribution in [0.5, 0.6) is 5.75 Å². The Labute approximate surface area is 188 Å². The smallest absolute Gasteiger partial charge is 0.244 e. The fourth-order valence-electron chi connectivity index (χ4n) is 3.75. The zero-order chi connectivity index (χ0) is 22.7. The molecule has 1 N–H and O–H groups in total. The Morgan fingerprint density at radius 1 is 1.06 bits per heavy atom. The molecule has 2 heterocycles. The summed E-state index contributed by atoms with van der Waals surface area (Å²) in [7, 11) is -2.30. The molecule has 4 rings (SSSR count). The highest BCUT2D eigenvalue weighted by Gasteiger charge is 2.21. The van der Waals surface area contributed by atoms with E-state index in [1.54, 1.807) is 22.8 Å². The third-order valence-corrected chi connectivity index (χ3v) is 6.80. The van der Waals surface area contributed by atoms with Gasteiger partial charge in [0.05, 0.1) is 13.3 Å². The van der Waals surface area contributed by atoms with Crippen molar-refractivity contribution in [1.29, 1.82) is 0 Å². The average Bonchev–Trinajstić information content (AvgIpc) is 3.21. The van der Waals surface area contributed by atoms with E-state index in [1.807, 2.05) is 56.3 Å². The summed E-state index contributed by atoms with van der Waals surface area (Å²) in [4.78, 5) is 4.70. The third-order valence-electron chi connectivity index (χ3n) is 5.32. The van der Waals surface area contributed by atoms with Gasteiger partial charge in [0.1, 0.15) is 10.6 Å². The molecule has 2 aromatic heterocycles. The lowest BCUT2D eigenvalue weighted by Gasteiger charge is -2.12. The molecule has 0 amide bonds. The number of aromatic nitrogens is 3. The zero-order valence-corrected chi connectivity index (χ0v) is 19.2. The highest BCUT2D eigenvalue weighted by molar-refractivity contribution is 7.89. The van der Waals surface area contributed by atoms with Crippen molar-refractivity contribution in [3.63, 3.8) is 0 Å². The SMILES string of the molecule is COc1ccc(-c2cnn3c(C)cc(C)nc23)cc1S(=O)(=O)NCCCc1ccccc1. The second kappa shape index (κ2) is 9.10. The van der Waals surface area contributed by atoms with Gasteiger partial charge in [-0.25, -0.2) is 22.6 Å². The number of benzene rings is 2. The molecule has 0 aliphatic carbocycles. The number of sulfonamides is 1. The monoisotopic (exact) mass is 450 g/mol. The van der Waals surface area contributed by atoms with E-state index in [2.05, 4.69) is 14.8 Å². The Balaban J connectivity index is 1.60. The number of methoxy groups -OCH3 is 1. The maximum absolute atomic E-state index is 13.1. The largest absolute Gasteiger partial charge is 0.495 e. The molecule has 0 spiro atoms. The van der Waals surface area contributed by atoms with Gasteiger partial charge in [-0.1, -0.05) is 36.4 Å². The molecular weight excluding hydrogens is 424 g/mol. The first kappa shape index (κ1) is 22.0. The van der Waals surface area contributed by atoms with Gasteiger partial charge in [-0.15, -0.1) is 0 Å². The molecule has 4 aromatic rings. The van der Waals surface area contributed by atoms with Crippen LogP contribution in [-0.2, 0) is 16.4 Å². The molecule has 0 aliphatic heterocycles. The molecule has 0 unspecified atom stereocenters. The van der Waals surface area contributed by atoms with Gasteiger partial charge in [0.25, 0.3) is 0 Å². The van der Waals surface area contributed by atoms with Crippen molar-refractivity contribution in [2.75, 3.05) is 13.7 Å². The quantitative estimate of drug-likeness (QED) is 0.411. The lowest BCUT2D eigenvalue weighted by atomic mass is 10.1. The maximum Gasteiger partial charge on any atom is 0.244 e. The molecule has 32 heavy (non-hydrogen) atoms. The Morgan fingerprint density at radius 2 is 1.84 bits per heavy atom. The number of aryl methyl sites for hydroxylation is 3. The van der Waals surface area contributed by atoms with Gasteiger partial charge in [-0.05, 0) is 56.0 Å². The number of ether oxygens (including phenoxy) is 1. The topological polar surface area (TPSA) is 85.6 Å². The highest BCUT2D eigenvalue weighted by atomic mass is 32.2. The van der Waals surface area contributed by atoms with Crippen molar-refractivity contribution in [2.24, 2.45) is 0 Å². The minimum atomic E-state index is -3.76. The van der Waals surface area contributed by atoms with Crippen LogP contribution in [0.1, 0.15) is 23.4 Å². The van der Waals surface area contributed by atoms with Crippen molar-refractivity contribution in [1.82, 2.24) is 19.3 Å². The number of hydrogen-bond donors (Lipinski definition) is 1. The summed E-state index contributed by atoms with van der Waals surface area (Å²) < 4.78 is 36.0. The molecule has 0 aliphatic rings. The first-order valence-corrected chi connectivity index (χ1v) is 11.9. The van der Waals surface area contributed by atoms with E-state index < -0.39 is 10.0 Å². The van der Waals surface area contributed by atoms with Crippen LogP contribution in [0.3, 0.4) is 0 Å². The lowest BCUT2D eigenvalue weighted by molar-refractivity contribution is 0.402. The number of hydrogen-bond acceptors (Lipinski definition) is 5. The second-order valence-corrected chi connectivity index (χ2v) is 9.42. The summed E-state index contributed by atoms with van der Waals surface area (Å²) in [5.74, 6) is 0.293. The normalized spacial score (nSPS) is 11.7. The van der Waals surface area contributed by atoms with Gasteiger partial charge in [-0.2, -0.15) is 5.10 Å². The molecule has 0 atom stereocenters. The van der Waals surface area contributed by atoms with E-state index in [0.29, 0.717) is 29.9 Å². The van der Waals surface area contributed by atoms with E-state index in [4.69, 9.17) is 4.74 Å². The van der Waals surface area contributed by atoms with E-state index in [9.17, 15) is 8.42 Å². The molecule has 166 valence electrons. The maximum atomic E-state index is 13.1. The standard InChI is InChI=1S/C24H26N4O3S/c1-17-14-18(2)28-24(27-17)21(16-25-28)20-11-12-22(31-3)23(15-20)32(29,30)26-13-7-10-19-8-5-4-6-9-19/h4-6,8-9,11-12,14-16,26H,7,10,13H2,1-3H3. The Morgan fingerprint density at radius 3 is 2.59 bits per heavy atom. The molecule has 7 nitrogen and oxygen atoms in total.